The smallest absolute Gasteiger partial charge is 0.339 e. The normalized spacial score (nSPS) is 10.3. The first-order valence-electron chi connectivity index (χ1n) is 5.05. The Balaban J connectivity index is 2.29. The average molecular weight is 249 g/mol. The van der Waals surface area contributed by atoms with E-state index in [2.05, 4.69) is 15.5 Å². The number of nitrogens with one attached hydrogen (secondary N) is 1. The lowest BCUT2D eigenvalue weighted by Gasteiger charge is -2.03. The van der Waals surface area contributed by atoms with Crippen LogP contribution in [-0.2, 0) is 14.1 Å². The Labute approximate surface area is 102 Å². The molecule has 0 bridgehead atoms. The van der Waals surface area contributed by atoms with Gasteiger partial charge in [0.05, 0.1) is 6.20 Å². The van der Waals surface area contributed by atoms with Crippen molar-refractivity contribution < 1.29 is 14.7 Å². The lowest BCUT2D eigenvalue weighted by molar-refractivity contribution is 0.0692. The van der Waals surface area contributed by atoms with Crippen molar-refractivity contribution in [3.63, 3.8) is 0 Å². The molecule has 2 N–H and O–H groups in total. The molecule has 2 rings (SSSR count). The fraction of sp³-hybridized carbons (Fsp3) is 0.200. The van der Waals surface area contributed by atoms with Gasteiger partial charge in [-0.2, -0.15) is 10.2 Å². The van der Waals surface area contributed by atoms with Crippen molar-refractivity contribution in [1.29, 1.82) is 0 Å². The van der Waals surface area contributed by atoms with Crippen LogP contribution in [0.2, 0.25) is 0 Å². The third-order valence-electron chi connectivity index (χ3n) is 2.34. The van der Waals surface area contributed by atoms with Crippen molar-refractivity contribution in [3.05, 3.63) is 29.7 Å². The van der Waals surface area contributed by atoms with Gasteiger partial charge in [0.2, 0.25) is 0 Å². The number of aromatic carboxylic acids is 1. The van der Waals surface area contributed by atoms with Crippen molar-refractivity contribution in [3.8, 4) is 0 Å². The second-order valence-electron chi connectivity index (χ2n) is 3.66. The fourth-order valence-corrected chi connectivity index (χ4v) is 1.52. The minimum absolute atomic E-state index is 0.0202. The molecule has 0 fully saturated rings. The highest BCUT2D eigenvalue weighted by atomic mass is 16.4. The topological polar surface area (TPSA) is 102 Å². The largest absolute Gasteiger partial charge is 0.478 e. The van der Waals surface area contributed by atoms with Gasteiger partial charge < -0.3 is 10.4 Å². The summed E-state index contributed by atoms with van der Waals surface area (Å²) in [5.41, 5.74) is -0.168. The number of anilines is 1. The van der Waals surface area contributed by atoms with E-state index in [4.69, 9.17) is 5.11 Å². The summed E-state index contributed by atoms with van der Waals surface area (Å²) in [5.74, 6) is -1.42. The monoisotopic (exact) mass is 249 g/mol. The first-order valence-corrected chi connectivity index (χ1v) is 5.05. The first-order chi connectivity index (χ1) is 8.49. The number of amides is 1. The highest BCUT2D eigenvalue weighted by Crippen LogP contribution is 2.10. The molecule has 2 heterocycles. The predicted octanol–water partition coefficient (Wildman–Crippen LogP) is 0.104. The number of rotatable bonds is 3. The molecule has 0 aliphatic heterocycles. The van der Waals surface area contributed by atoms with E-state index in [-0.39, 0.29) is 11.3 Å². The standard InChI is InChI=1S/C10H11N5O3/c1-14-4-3-7(13-14)12-9(16)8-6(10(17)18)5-11-15(8)2/h3-5H,1-2H3,(H,17,18)(H,12,13,16). The Bertz CT molecular complexity index is 613. The highest BCUT2D eigenvalue weighted by Gasteiger charge is 2.22. The summed E-state index contributed by atoms with van der Waals surface area (Å²) >= 11 is 0. The van der Waals surface area contributed by atoms with Crippen molar-refractivity contribution in [2.24, 2.45) is 14.1 Å². The Kier molecular flexibility index (Phi) is 2.84. The summed E-state index contributed by atoms with van der Waals surface area (Å²) < 4.78 is 2.73. The number of carbonyl (C=O) groups excluding carboxylic acids is 1. The van der Waals surface area contributed by atoms with Gasteiger partial charge in [-0.05, 0) is 0 Å². The summed E-state index contributed by atoms with van der Waals surface area (Å²) in [5, 5.41) is 19.2. The molecule has 0 aliphatic carbocycles. The lowest BCUT2D eigenvalue weighted by atomic mass is 10.2. The van der Waals surface area contributed by atoms with E-state index < -0.39 is 11.9 Å². The van der Waals surface area contributed by atoms with Crippen LogP contribution in [-0.4, -0.2) is 36.5 Å². The second kappa shape index (κ2) is 4.32. The van der Waals surface area contributed by atoms with E-state index in [1.807, 2.05) is 0 Å². The zero-order valence-electron chi connectivity index (χ0n) is 9.78. The number of carboxylic acid groups (broad SMARTS) is 1. The third kappa shape index (κ3) is 2.08. The van der Waals surface area contributed by atoms with Gasteiger partial charge in [-0.3, -0.25) is 14.2 Å². The Hall–Kier alpha value is -2.64. The van der Waals surface area contributed by atoms with Crippen LogP contribution < -0.4 is 5.32 Å². The van der Waals surface area contributed by atoms with Crippen LogP contribution in [0.5, 0.6) is 0 Å². The van der Waals surface area contributed by atoms with Gasteiger partial charge in [-0.25, -0.2) is 4.79 Å². The maximum Gasteiger partial charge on any atom is 0.339 e. The summed E-state index contributed by atoms with van der Waals surface area (Å²) in [6.07, 6.45) is 2.80. The number of carbonyl (C=O) groups is 2. The fourth-order valence-electron chi connectivity index (χ4n) is 1.52. The molecule has 0 spiro atoms. The number of aromatic nitrogens is 4. The molecule has 0 radical (unpaired) electrons. The van der Waals surface area contributed by atoms with Crippen molar-refractivity contribution in [2.45, 2.75) is 0 Å². The minimum atomic E-state index is -1.20. The van der Waals surface area contributed by atoms with Gasteiger partial charge in [0, 0.05) is 26.4 Å². The average Bonchev–Trinajstić information content (AvgIpc) is 2.85. The van der Waals surface area contributed by atoms with E-state index in [1.165, 1.54) is 16.4 Å². The zero-order chi connectivity index (χ0) is 13.3. The van der Waals surface area contributed by atoms with E-state index in [0.29, 0.717) is 5.82 Å². The van der Waals surface area contributed by atoms with Crippen LogP contribution in [0.3, 0.4) is 0 Å². The van der Waals surface area contributed by atoms with Gasteiger partial charge in [0.1, 0.15) is 11.3 Å². The predicted molar refractivity (Wildman–Crippen MR) is 61.3 cm³/mol. The highest BCUT2D eigenvalue weighted by molar-refractivity contribution is 6.09. The maximum atomic E-state index is 11.9. The first kappa shape index (κ1) is 11.8. The summed E-state index contributed by atoms with van der Waals surface area (Å²) in [6.45, 7) is 0. The second-order valence-corrected chi connectivity index (χ2v) is 3.66. The molecule has 2 aromatic rings. The minimum Gasteiger partial charge on any atom is -0.478 e. The van der Waals surface area contributed by atoms with Gasteiger partial charge in [0.15, 0.2) is 5.82 Å². The number of aryl methyl sites for hydroxylation is 2. The molecule has 8 heteroatoms. The SMILES string of the molecule is Cn1ccc(NC(=O)c2c(C(=O)O)cnn2C)n1. The van der Waals surface area contributed by atoms with Crippen LogP contribution in [0, 0.1) is 0 Å². The lowest BCUT2D eigenvalue weighted by Crippen LogP contribution is -2.19. The Morgan fingerprint density at radius 2 is 2.11 bits per heavy atom. The molecule has 0 saturated carbocycles. The molecule has 0 aromatic carbocycles. The molecule has 2 aromatic heterocycles. The molecule has 0 aliphatic rings. The van der Waals surface area contributed by atoms with E-state index in [0.717, 1.165) is 6.20 Å². The molecule has 0 unspecified atom stereocenters. The van der Waals surface area contributed by atoms with Crippen LogP contribution in [0.15, 0.2) is 18.5 Å². The Morgan fingerprint density at radius 1 is 1.39 bits per heavy atom. The van der Waals surface area contributed by atoms with Crippen LogP contribution in [0.4, 0.5) is 5.82 Å². The summed E-state index contributed by atoms with van der Waals surface area (Å²) in [7, 11) is 3.21. The number of nitrogens with zero attached hydrogens (tertiary/aromatic N) is 4. The zero-order valence-corrected chi connectivity index (χ0v) is 9.78. The number of hydrogen-bond acceptors (Lipinski definition) is 4. The van der Waals surface area contributed by atoms with Gasteiger partial charge >= 0.3 is 5.97 Å². The quantitative estimate of drug-likeness (QED) is 0.803. The van der Waals surface area contributed by atoms with Crippen LogP contribution in [0.25, 0.3) is 0 Å². The molecule has 1 amide bonds. The molecular weight excluding hydrogens is 238 g/mol. The van der Waals surface area contributed by atoms with Crippen LogP contribution >= 0.6 is 0 Å². The molecule has 18 heavy (non-hydrogen) atoms. The van der Waals surface area contributed by atoms with E-state index >= 15 is 0 Å². The molecule has 94 valence electrons. The number of hydrogen-bond donors (Lipinski definition) is 2. The molecule has 0 atom stereocenters. The summed E-state index contributed by atoms with van der Waals surface area (Å²) in [4.78, 5) is 22.9. The van der Waals surface area contributed by atoms with Gasteiger partial charge in [-0.15, -0.1) is 0 Å². The maximum absolute atomic E-state index is 11.9. The molecular formula is C10H11N5O3. The van der Waals surface area contributed by atoms with Crippen LogP contribution in [0.1, 0.15) is 20.8 Å². The van der Waals surface area contributed by atoms with E-state index in [1.54, 1.807) is 19.3 Å². The van der Waals surface area contributed by atoms with E-state index in [9.17, 15) is 9.59 Å². The number of carboxylic acids is 1. The van der Waals surface area contributed by atoms with Gasteiger partial charge in [-0.1, -0.05) is 0 Å². The molecule has 8 nitrogen and oxygen atoms in total. The van der Waals surface area contributed by atoms with Crippen molar-refractivity contribution >= 4 is 17.7 Å². The summed E-state index contributed by atoms with van der Waals surface area (Å²) in [6, 6.07) is 1.61. The molecule has 0 saturated heterocycles. The van der Waals surface area contributed by atoms with Gasteiger partial charge in [0.25, 0.3) is 5.91 Å². The third-order valence-corrected chi connectivity index (χ3v) is 2.34. The Morgan fingerprint density at radius 3 is 2.67 bits per heavy atom. The van der Waals surface area contributed by atoms with Crippen molar-refractivity contribution in [2.75, 3.05) is 5.32 Å². The van der Waals surface area contributed by atoms with Crippen molar-refractivity contribution in [1.82, 2.24) is 19.6 Å².